The lowest BCUT2D eigenvalue weighted by atomic mass is 10.3. The van der Waals surface area contributed by atoms with Crippen molar-refractivity contribution in [2.24, 2.45) is 5.16 Å². The van der Waals surface area contributed by atoms with E-state index < -0.39 is 0 Å². The minimum Gasteiger partial charge on any atom is -0.277 e. The summed E-state index contributed by atoms with van der Waals surface area (Å²) >= 11 is 10.6. The molecule has 0 aliphatic heterocycles. The molecular weight excluding hydrogens is 187 g/mol. The van der Waals surface area contributed by atoms with Gasteiger partial charge in [0.1, 0.15) is 0 Å². The SMILES string of the molecule is ClON=Cc1ccncc1Cl. The molecular formula is C6H4Cl2N2O. The zero-order valence-electron chi connectivity index (χ0n) is 5.37. The Morgan fingerprint density at radius 2 is 2.45 bits per heavy atom. The number of aromatic nitrogens is 1. The standard InChI is InChI=1S/C6H4Cl2N2O/c7-6-4-9-2-1-5(6)3-10-11-8/h1-4H. The second kappa shape index (κ2) is 4.16. The van der Waals surface area contributed by atoms with E-state index in [2.05, 4.69) is 14.5 Å². The maximum absolute atomic E-state index is 5.71. The Morgan fingerprint density at radius 3 is 3.09 bits per heavy atom. The molecule has 0 aromatic carbocycles. The van der Waals surface area contributed by atoms with E-state index in [-0.39, 0.29) is 0 Å². The Bertz CT molecular complexity index is 265. The monoisotopic (exact) mass is 190 g/mol. The third-order valence-corrected chi connectivity index (χ3v) is 1.43. The van der Waals surface area contributed by atoms with E-state index in [9.17, 15) is 0 Å². The maximum atomic E-state index is 5.71. The number of halogens is 2. The summed E-state index contributed by atoms with van der Waals surface area (Å²) in [7, 11) is 0. The average molecular weight is 191 g/mol. The minimum absolute atomic E-state index is 0.505. The zero-order valence-corrected chi connectivity index (χ0v) is 6.88. The Labute approximate surface area is 73.8 Å². The molecule has 0 amide bonds. The Morgan fingerprint density at radius 1 is 1.64 bits per heavy atom. The van der Waals surface area contributed by atoms with Gasteiger partial charge < -0.3 is 0 Å². The van der Waals surface area contributed by atoms with E-state index in [0.717, 1.165) is 0 Å². The molecule has 0 N–H and O–H groups in total. The van der Waals surface area contributed by atoms with Crippen molar-refractivity contribution in [2.45, 2.75) is 0 Å². The highest BCUT2D eigenvalue weighted by Crippen LogP contribution is 2.10. The summed E-state index contributed by atoms with van der Waals surface area (Å²) in [6, 6.07) is 1.70. The van der Waals surface area contributed by atoms with Crippen LogP contribution in [0.3, 0.4) is 0 Å². The summed E-state index contributed by atoms with van der Waals surface area (Å²) in [5.41, 5.74) is 0.710. The number of hydrogen-bond acceptors (Lipinski definition) is 3. The third-order valence-electron chi connectivity index (χ3n) is 1.04. The number of hydrogen-bond donors (Lipinski definition) is 0. The molecule has 5 heteroatoms. The summed E-state index contributed by atoms with van der Waals surface area (Å²) < 4.78 is 3.96. The lowest BCUT2D eigenvalue weighted by Crippen LogP contribution is -1.83. The molecule has 0 fully saturated rings. The van der Waals surface area contributed by atoms with Crippen LogP contribution >= 0.6 is 23.5 Å². The molecule has 11 heavy (non-hydrogen) atoms. The van der Waals surface area contributed by atoms with Crippen LogP contribution in [0.15, 0.2) is 23.6 Å². The van der Waals surface area contributed by atoms with Gasteiger partial charge in [-0.2, -0.15) is 0 Å². The van der Waals surface area contributed by atoms with E-state index in [1.165, 1.54) is 12.4 Å². The van der Waals surface area contributed by atoms with Crippen molar-refractivity contribution >= 4 is 29.7 Å². The number of nitrogens with zero attached hydrogens (tertiary/aromatic N) is 2. The predicted octanol–water partition coefficient (Wildman–Crippen LogP) is 2.24. The highest BCUT2D eigenvalue weighted by molar-refractivity contribution is 6.32. The van der Waals surface area contributed by atoms with E-state index in [1.807, 2.05) is 0 Å². The van der Waals surface area contributed by atoms with Gasteiger partial charge in [-0.25, -0.2) is 0 Å². The van der Waals surface area contributed by atoms with Gasteiger partial charge >= 0.3 is 0 Å². The second-order valence-electron chi connectivity index (χ2n) is 1.70. The quantitative estimate of drug-likeness (QED) is 0.530. The first-order chi connectivity index (χ1) is 5.34. The average Bonchev–Trinajstić information content (AvgIpc) is 2.03. The van der Waals surface area contributed by atoms with Crippen LogP contribution in [-0.4, -0.2) is 11.2 Å². The van der Waals surface area contributed by atoms with E-state index in [1.54, 1.807) is 12.3 Å². The van der Waals surface area contributed by atoms with Gasteiger partial charge in [-0.1, -0.05) is 16.8 Å². The molecule has 0 saturated heterocycles. The largest absolute Gasteiger partial charge is 0.277 e. The molecule has 1 aromatic heterocycles. The summed E-state index contributed by atoms with van der Waals surface area (Å²) in [5, 5.41) is 3.84. The lowest BCUT2D eigenvalue weighted by molar-refractivity contribution is 0.383. The predicted molar refractivity (Wildman–Crippen MR) is 43.8 cm³/mol. The van der Waals surface area contributed by atoms with Crippen molar-refractivity contribution < 1.29 is 4.39 Å². The van der Waals surface area contributed by atoms with Gasteiger partial charge in [0.05, 0.1) is 11.2 Å². The van der Waals surface area contributed by atoms with Crippen molar-refractivity contribution in [1.82, 2.24) is 4.98 Å². The van der Waals surface area contributed by atoms with Gasteiger partial charge in [0, 0.05) is 18.0 Å². The molecule has 58 valence electrons. The first kappa shape index (κ1) is 8.30. The Kier molecular flexibility index (Phi) is 3.14. The molecule has 0 radical (unpaired) electrons. The molecule has 3 nitrogen and oxygen atoms in total. The molecule has 0 unspecified atom stereocenters. The summed E-state index contributed by atoms with van der Waals surface area (Å²) in [4.78, 5) is 3.79. The first-order valence-corrected chi connectivity index (χ1v) is 3.44. The molecule has 1 heterocycles. The van der Waals surface area contributed by atoms with Gasteiger partial charge in [0.15, 0.2) is 11.9 Å². The fourth-order valence-electron chi connectivity index (χ4n) is 0.567. The van der Waals surface area contributed by atoms with Crippen molar-refractivity contribution in [1.29, 1.82) is 0 Å². The normalized spacial score (nSPS) is 10.4. The van der Waals surface area contributed by atoms with Crippen LogP contribution < -0.4 is 0 Å². The van der Waals surface area contributed by atoms with Crippen molar-refractivity contribution in [3.05, 3.63) is 29.0 Å². The van der Waals surface area contributed by atoms with E-state index in [0.29, 0.717) is 10.6 Å². The minimum atomic E-state index is 0.505. The summed E-state index contributed by atoms with van der Waals surface area (Å²) in [6.45, 7) is 0. The third kappa shape index (κ3) is 2.37. The zero-order chi connectivity index (χ0) is 8.10. The number of oxime groups is 1. The van der Waals surface area contributed by atoms with Crippen molar-refractivity contribution in [2.75, 3.05) is 0 Å². The molecule has 0 bridgehead atoms. The smallest absolute Gasteiger partial charge is 0.167 e. The van der Waals surface area contributed by atoms with Crippen LogP contribution in [0, 0.1) is 0 Å². The Hall–Kier alpha value is -0.800. The highest BCUT2D eigenvalue weighted by Gasteiger charge is 1.93. The first-order valence-electron chi connectivity index (χ1n) is 2.75. The Balaban J connectivity index is 2.86. The van der Waals surface area contributed by atoms with Crippen LogP contribution in [-0.2, 0) is 4.39 Å². The van der Waals surface area contributed by atoms with Crippen molar-refractivity contribution in [3.8, 4) is 0 Å². The van der Waals surface area contributed by atoms with Gasteiger partial charge in [-0.05, 0) is 6.07 Å². The molecule has 0 aliphatic carbocycles. The topological polar surface area (TPSA) is 34.5 Å². The fraction of sp³-hybridized carbons (Fsp3) is 0. The van der Waals surface area contributed by atoms with Crippen LogP contribution in [0.1, 0.15) is 5.56 Å². The second-order valence-corrected chi connectivity index (χ2v) is 2.25. The van der Waals surface area contributed by atoms with Gasteiger partial charge in [0.25, 0.3) is 0 Å². The fourth-order valence-corrected chi connectivity index (χ4v) is 0.775. The van der Waals surface area contributed by atoms with Crippen LogP contribution in [0.5, 0.6) is 0 Å². The van der Waals surface area contributed by atoms with Crippen LogP contribution in [0.2, 0.25) is 5.02 Å². The number of pyridine rings is 1. The van der Waals surface area contributed by atoms with E-state index >= 15 is 0 Å². The molecule has 1 aromatic rings. The van der Waals surface area contributed by atoms with Crippen LogP contribution in [0.4, 0.5) is 0 Å². The van der Waals surface area contributed by atoms with Crippen LogP contribution in [0.25, 0.3) is 0 Å². The molecule has 0 aliphatic rings. The van der Waals surface area contributed by atoms with Gasteiger partial charge in [0.2, 0.25) is 0 Å². The maximum Gasteiger partial charge on any atom is 0.167 e. The number of rotatable bonds is 2. The molecule has 0 atom stereocenters. The van der Waals surface area contributed by atoms with Gasteiger partial charge in [-0.3, -0.25) is 9.37 Å². The summed E-state index contributed by atoms with van der Waals surface area (Å²) in [6.07, 6.45) is 4.51. The summed E-state index contributed by atoms with van der Waals surface area (Å²) in [5.74, 6) is 0. The van der Waals surface area contributed by atoms with Gasteiger partial charge in [-0.15, -0.1) is 0 Å². The molecule has 0 saturated carbocycles. The molecule has 0 spiro atoms. The molecule has 1 rings (SSSR count). The lowest BCUT2D eigenvalue weighted by Gasteiger charge is -1.92. The highest BCUT2D eigenvalue weighted by atomic mass is 35.5. The van der Waals surface area contributed by atoms with E-state index in [4.69, 9.17) is 23.5 Å². The van der Waals surface area contributed by atoms with Crippen molar-refractivity contribution in [3.63, 3.8) is 0 Å².